The molecule has 1 aromatic carbocycles. The summed E-state index contributed by atoms with van der Waals surface area (Å²) in [5.41, 5.74) is 0.615. The number of nitriles is 1. The summed E-state index contributed by atoms with van der Waals surface area (Å²) in [6.07, 6.45) is 3.03. The molecule has 0 aliphatic carbocycles. The van der Waals surface area contributed by atoms with Gasteiger partial charge >= 0.3 is 0 Å². The van der Waals surface area contributed by atoms with Crippen LogP contribution in [0.15, 0.2) is 18.2 Å². The van der Waals surface area contributed by atoms with E-state index in [9.17, 15) is 10.1 Å². The number of benzene rings is 1. The summed E-state index contributed by atoms with van der Waals surface area (Å²) in [6, 6.07) is 6.36. The quantitative estimate of drug-likeness (QED) is 0.477. The van der Waals surface area contributed by atoms with E-state index in [0.717, 1.165) is 18.7 Å². The van der Waals surface area contributed by atoms with Gasteiger partial charge in [0.05, 0.1) is 4.92 Å². The molecule has 0 aromatic heterocycles. The van der Waals surface area contributed by atoms with E-state index in [1.807, 2.05) is 12.3 Å². The van der Waals surface area contributed by atoms with Gasteiger partial charge in [0.15, 0.2) is 0 Å². The molecule has 0 aliphatic rings. The minimum absolute atomic E-state index is 0.0877. The van der Waals surface area contributed by atoms with Crippen LogP contribution in [0.25, 0.3) is 0 Å². The van der Waals surface area contributed by atoms with Gasteiger partial charge in [-0.3, -0.25) is 10.1 Å². The van der Waals surface area contributed by atoms with Crippen molar-refractivity contribution in [3.63, 3.8) is 0 Å². The maximum Gasteiger partial charge on any atom is 0.289 e. The Bertz CT molecular complexity index is 443. The van der Waals surface area contributed by atoms with E-state index in [0.29, 0.717) is 5.69 Å². The Hall–Kier alpha value is -1.74. The number of rotatable bonds is 6. The number of nitrogens with zero attached hydrogens (tertiary/aromatic N) is 2. The van der Waals surface area contributed by atoms with Gasteiger partial charge in [0.2, 0.25) is 0 Å². The van der Waals surface area contributed by atoms with Gasteiger partial charge in [-0.15, -0.1) is 0 Å². The van der Waals surface area contributed by atoms with Crippen LogP contribution in [0.3, 0.4) is 0 Å². The van der Waals surface area contributed by atoms with Crippen molar-refractivity contribution in [2.75, 3.05) is 23.9 Å². The molecule has 0 aliphatic heterocycles. The topological polar surface area (TPSA) is 79.0 Å². The number of hydrogen-bond acceptors (Lipinski definition) is 5. The van der Waals surface area contributed by atoms with Crippen LogP contribution in [-0.4, -0.2) is 23.5 Å². The molecule has 1 aromatic rings. The molecule has 6 heteroatoms. The molecular formula is C11H13N3O2S. The zero-order valence-electron chi connectivity index (χ0n) is 9.47. The molecule has 0 saturated heterocycles. The number of nitrogens with one attached hydrogen (secondary N) is 1. The lowest BCUT2D eigenvalue weighted by molar-refractivity contribution is -0.385. The largest absolute Gasteiger partial charge is 0.385 e. The highest BCUT2D eigenvalue weighted by Gasteiger charge is 2.13. The van der Waals surface area contributed by atoms with Gasteiger partial charge in [-0.25, -0.2) is 0 Å². The number of thioether (sulfide) groups is 1. The first-order valence-corrected chi connectivity index (χ1v) is 6.49. The Morgan fingerprint density at radius 1 is 1.59 bits per heavy atom. The Labute approximate surface area is 104 Å². The molecule has 5 nitrogen and oxygen atoms in total. The first-order chi connectivity index (χ1) is 8.19. The smallest absolute Gasteiger partial charge is 0.289 e. The van der Waals surface area contributed by atoms with E-state index in [-0.39, 0.29) is 11.3 Å². The first kappa shape index (κ1) is 13.3. The Kier molecular flexibility index (Phi) is 5.30. The van der Waals surface area contributed by atoms with Crippen molar-refractivity contribution in [1.82, 2.24) is 0 Å². The van der Waals surface area contributed by atoms with Crippen molar-refractivity contribution in [2.24, 2.45) is 0 Å². The fraction of sp³-hybridized carbons (Fsp3) is 0.364. The summed E-state index contributed by atoms with van der Waals surface area (Å²) < 4.78 is 0. The summed E-state index contributed by atoms with van der Waals surface area (Å²) in [7, 11) is 0. The molecule has 0 heterocycles. The fourth-order valence-electron chi connectivity index (χ4n) is 1.34. The molecule has 17 heavy (non-hydrogen) atoms. The van der Waals surface area contributed by atoms with Gasteiger partial charge in [-0.1, -0.05) is 0 Å². The highest BCUT2D eigenvalue weighted by Crippen LogP contribution is 2.22. The second-order valence-corrected chi connectivity index (χ2v) is 4.36. The lowest BCUT2D eigenvalue weighted by atomic mass is 10.2. The average molecular weight is 251 g/mol. The van der Waals surface area contributed by atoms with Crippen LogP contribution < -0.4 is 5.32 Å². The maximum absolute atomic E-state index is 10.7. The summed E-state index contributed by atoms with van der Waals surface area (Å²) in [5, 5.41) is 22.6. The van der Waals surface area contributed by atoms with Gasteiger partial charge < -0.3 is 5.32 Å². The maximum atomic E-state index is 10.7. The van der Waals surface area contributed by atoms with E-state index < -0.39 is 4.92 Å². The molecule has 0 fully saturated rings. The lowest BCUT2D eigenvalue weighted by Crippen LogP contribution is -2.03. The second kappa shape index (κ2) is 6.76. The first-order valence-electron chi connectivity index (χ1n) is 5.10. The Morgan fingerprint density at radius 3 is 2.94 bits per heavy atom. The third-order valence-corrected chi connectivity index (χ3v) is 2.87. The molecular weight excluding hydrogens is 238 g/mol. The second-order valence-electron chi connectivity index (χ2n) is 3.37. The average Bonchev–Trinajstić information content (AvgIpc) is 2.34. The predicted molar refractivity (Wildman–Crippen MR) is 69.3 cm³/mol. The van der Waals surface area contributed by atoms with Crippen LogP contribution in [0.4, 0.5) is 11.4 Å². The fourth-order valence-corrected chi connectivity index (χ4v) is 1.77. The molecule has 0 radical (unpaired) electrons. The monoisotopic (exact) mass is 251 g/mol. The van der Waals surface area contributed by atoms with Gasteiger partial charge in [-0.05, 0) is 30.6 Å². The normalized spacial score (nSPS) is 9.65. The van der Waals surface area contributed by atoms with E-state index in [2.05, 4.69) is 5.32 Å². The van der Waals surface area contributed by atoms with Crippen molar-refractivity contribution >= 4 is 23.1 Å². The minimum Gasteiger partial charge on any atom is -0.385 e. The van der Waals surface area contributed by atoms with Gasteiger partial charge in [0.25, 0.3) is 5.69 Å². The SMILES string of the molecule is CSCCCNc1ccc(C#N)c([N+](=O)[O-])c1. The van der Waals surface area contributed by atoms with E-state index >= 15 is 0 Å². The van der Waals surface area contributed by atoms with Crippen LogP contribution in [0.1, 0.15) is 12.0 Å². The van der Waals surface area contributed by atoms with Crippen molar-refractivity contribution in [3.05, 3.63) is 33.9 Å². The van der Waals surface area contributed by atoms with E-state index in [1.165, 1.54) is 12.1 Å². The molecule has 1 rings (SSSR count). The summed E-state index contributed by atoms with van der Waals surface area (Å²) in [5.74, 6) is 1.05. The van der Waals surface area contributed by atoms with Crippen molar-refractivity contribution in [2.45, 2.75) is 6.42 Å². The van der Waals surface area contributed by atoms with Gasteiger partial charge in [0.1, 0.15) is 11.6 Å². The molecule has 0 unspecified atom stereocenters. The third kappa shape index (κ3) is 3.96. The highest BCUT2D eigenvalue weighted by atomic mass is 32.2. The molecule has 0 bridgehead atoms. The van der Waals surface area contributed by atoms with Crippen molar-refractivity contribution < 1.29 is 4.92 Å². The van der Waals surface area contributed by atoms with E-state index in [1.54, 1.807) is 17.8 Å². The zero-order valence-corrected chi connectivity index (χ0v) is 10.3. The number of nitro benzene ring substituents is 1. The Morgan fingerprint density at radius 2 is 2.35 bits per heavy atom. The molecule has 0 atom stereocenters. The van der Waals surface area contributed by atoms with Crippen LogP contribution in [0, 0.1) is 21.4 Å². The molecule has 0 saturated carbocycles. The number of hydrogen-bond donors (Lipinski definition) is 1. The van der Waals surface area contributed by atoms with E-state index in [4.69, 9.17) is 5.26 Å². The van der Waals surface area contributed by atoms with Crippen LogP contribution in [0.5, 0.6) is 0 Å². The summed E-state index contributed by atoms with van der Waals surface area (Å²) in [4.78, 5) is 10.2. The Balaban J connectivity index is 2.72. The summed E-state index contributed by atoms with van der Waals surface area (Å²) in [6.45, 7) is 0.768. The predicted octanol–water partition coefficient (Wildman–Crippen LogP) is 2.63. The van der Waals surface area contributed by atoms with Gasteiger partial charge in [0, 0.05) is 18.3 Å². The van der Waals surface area contributed by atoms with Crippen LogP contribution in [-0.2, 0) is 0 Å². The molecule has 0 amide bonds. The van der Waals surface area contributed by atoms with Crippen molar-refractivity contribution in [3.8, 4) is 6.07 Å². The van der Waals surface area contributed by atoms with Crippen LogP contribution >= 0.6 is 11.8 Å². The number of nitro groups is 1. The number of anilines is 1. The molecule has 0 spiro atoms. The lowest BCUT2D eigenvalue weighted by Gasteiger charge is -2.05. The van der Waals surface area contributed by atoms with Gasteiger partial charge in [-0.2, -0.15) is 17.0 Å². The van der Waals surface area contributed by atoms with Crippen LogP contribution in [0.2, 0.25) is 0 Å². The highest BCUT2D eigenvalue weighted by molar-refractivity contribution is 7.98. The summed E-state index contributed by atoms with van der Waals surface area (Å²) >= 11 is 1.76. The molecule has 90 valence electrons. The zero-order chi connectivity index (χ0) is 12.7. The standard InChI is InChI=1S/C11H13N3O2S/c1-17-6-2-5-13-10-4-3-9(8-12)11(7-10)14(15)16/h3-4,7,13H,2,5-6H2,1H3. The third-order valence-electron chi connectivity index (χ3n) is 2.17. The molecule has 1 N–H and O–H groups in total. The van der Waals surface area contributed by atoms with Crippen molar-refractivity contribution in [1.29, 1.82) is 5.26 Å². The minimum atomic E-state index is -0.536.